The van der Waals surface area contributed by atoms with Gasteiger partial charge in [-0.3, -0.25) is 0 Å². The van der Waals surface area contributed by atoms with Crippen LogP contribution < -0.4 is 9.80 Å². The lowest BCUT2D eigenvalue weighted by atomic mass is 9.95. The number of allylic oxidation sites excluding steroid dienone is 2. The summed E-state index contributed by atoms with van der Waals surface area (Å²) >= 11 is 0. The molecule has 1 aliphatic carbocycles. The summed E-state index contributed by atoms with van der Waals surface area (Å²) in [6, 6.07) is 57.6. The van der Waals surface area contributed by atoms with Gasteiger partial charge in [-0.2, -0.15) is 0 Å². The van der Waals surface area contributed by atoms with Crippen molar-refractivity contribution in [1.29, 1.82) is 0 Å². The van der Waals surface area contributed by atoms with Gasteiger partial charge in [0.1, 0.15) is 11.2 Å². The molecule has 0 saturated heterocycles. The number of para-hydroxylation sites is 2. The van der Waals surface area contributed by atoms with Crippen LogP contribution in [0, 0.1) is 0 Å². The van der Waals surface area contributed by atoms with Gasteiger partial charge in [0, 0.05) is 50.8 Å². The van der Waals surface area contributed by atoms with Crippen molar-refractivity contribution < 1.29 is 4.42 Å². The molecule has 11 rings (SSSR count). The number of rotatable bonds is 4. The topological polar surface area (TPSA) is 19.6 Å². The molecule has 0 fully saturated rings. The van der Waals surface area contributed by atoms with Crippen LogP contribution in [0.3, 0.4) is 0 Å². The van der Waals surface area contributed by atoms with E-state index in [4.69, 9.17) is 4.42 Å². The van der Waals surface area contributed by atoms with E-state index in [1.165, 1.54) is 54.8 Å². The van der Waals surface area contributed by atoms with Crippen LogP contribution >= 0.6 is 0 Å². The average Bonchev–Trinajstić information content (AvgIpc) is 3.73. The minimum atomic E-state index is 0.271. The molecule has 1 aliphatic heterocycles. The number of benzene rings is 8. The maximum absolute atomic E-state index is 6.43. The summed E-state index contributed by atoms with van der Waals surface area (Å²) in [5.74, 6) is 0. The third-order valence-electron chi connectivity index (χ3n) is 10.9. The van der Waals surface area contributed by atoms with E-state index >= 15 is 0 Å². The molecular weight excluding hydrogens is 621 g/mol. The highest BCUT2D eigenvalue weighted by atomic mass is 16.3. The molecule has 2 heterocycles. The van der Waals surface area contributed by atoms with E-state index in [0.717, 1.165) is 45.4 Å². The summed E-state index contributed by atoms with van der Waals surface area (Å²) in [5, 5.41) is 9.83. The summed E-state index contributed by atoms with van der Waals surface area (Å²) in [7, 11) is 0. The third kappa shape index (κ3) is 4.31. The van der Waals surface area contributed by atoms with Gasteiger partial charge in [0.15, 0.2) is 0 Å². The fourth-order valence-corrected chi connectivity index (χ4v) is 8.57. The molecular formula is C48H32N2O. The van der Waals surface area contributed by atoms with Crippen LogP contribution in [-0.4, -0.2) is 6.04 Å². The maximum Gasteiger partial charge on any atom is 0.137 e. The molecule has 0 amide bonds. The Labute approximate surface area is 295 Å². The highest BCUT2D eigenvalue weighted by molar-refractivity contribution is 6.17. The molecule has 1 aromatic heterocycles. The zero-order valence-electron chi connectivity index (χ0n) is 27.8. The Balaban J connectivity index is 1.11. The van der Waals surface area contributed by atoms with Crippen LogP contribution in [0.25, 0.3) is 59.8 Å². The molecule has 0 spiro atoms. The lowest BCUT2D eigenvalue weighted by Gasteiger charge is -2.29. The first-order valence-corrected chi connectivity index (χ1v) is 17.7. The summed E-state index contributed by atoms with van der Waals surface area (Å²) in [6.45, 7) is 0. The Morgan fingerprint density at radius 2 is 1.16 bits per heavy atom. The van der Waals surface area contributed by atoms with E-state index in [-0.39, 0.29) is 6.04 Å². The van der Waals surface area contributed by atoms with Crippen molar-refractivity contribution in [2.24, 2.45) is 0 Å². The second kappa shape index (κ2) is 11.0. The molecule has 51 heavy (non-hydrogen) atoms. The van der Waals surface area contributed by atoms with Crippen molar-refractivity contribution in [2.45, 2.75) is 12.5 Å². The monoisotopic (exact) mass is 652 g/mol. The number of fused-ring (bicyclic) bond motifs is 11. The van der Waals surface area contributed by atoms with Crippen molar-refractivity contribution in [2.75, 3.05) is 9.80 Å². The minimum absolute atomic E-state index is 0.271. The molecule has 1 atom stereocenters. The number of hydrogen-bond acceptors (Lipinski definition) is 3. The Kier molecular flexibility index (Phi) is 6.08. The molecule has 1 unspecified atom stereocenters. The van der Waals surface area contributed by atoms with Crippen LogP contribution in [0.5, 0.6) is 0 Å². The SMILES string of the molecule is C1=CCC2C(=C1)c1cc(N(c3ccc4c(ccc5c6ccccc6ccc45)c3)c3ccc4c(c3)oc3ccccc34)ccc1N2c1ccccc1. The molecule has 3 nitrogen and oxygen atoms in total. The van der Waals surface area contributed by atoms with E-state index in [1.807, 2.05) is 12.1 Å². The molecule has 240 valence electrons. The number of hydrogen-bond donors (Lipinski definition) is 0. The van der Waals surface area contributed by atoms with Crippen LogP contribution in [0.1, 0.15) is 12.0 Å². The predicted octanol–water partition coefficient (Wildman–Crippen LogP) is 13.4. The lowest BCUT2D eigenvalue weighted by Crippen LogP contribution is -2.26. The predicted molar refractivity (Wildman–Crippen MR) is 215 cm³/mol. The van der Waals surface area contributed by atoms with E-state index in [2.05, 4.69) is 174 Å². The second-order valence-corrected chi connectivity index (χ2v) is 13.7. The van der Waals surface area contributed by atoms with E-state index in [9.17, 15) is 0 Å². The van der Waals surface area contributed by atoms with Gasteiger partial charge in [-0.15, -0.1) is 0 Å². The molecule has 0 bridgehead atoms. The van der Waals surface area contributed by atoms with Gasteiger partial charge < -0.3 is 14.2 Å². The summed E-state index contributed by atoms with van der Waals surface area (Å²) in [6.07, 6.45) is 7.77. The van der Waals surface area contributed by atoms with Crippen molar-refractivity contribution in [3.8, 4) is 0 Å². The normalized spacial score (nSPS) is 15.2. The van der Waals surface area contributed by atoms with E-state index in [0.29, 0.717) is 0 Å². The average molecular weight is 653 g/mol. The maximum atomic E-state index is 6.43. The first kappa shape index (κ1) is 28.3. The van der Waals surface area contributed by atoms with Crippen LogP contribution in [0.15, 0.2) is 180 Å². The fraction of sp³-hybridized carbons (Fsp3) is 0.0417. The summed E-state index contributed by atoms with van der Waals surface area (Å²) < 4.78 is 6.43. The number of furan rings is 1. The molecule has 9 aromatic rings. The van der Waals surface area contributed by atoms with Crippen molar-refractivity contribution in [1.82, 2.24) is 0 Å². The number of nitrogens with zero attached hydrogens (tertiary/aromatic N) is 2. The molecule has 0 N–H and O–H groups in total. The number of anilines is 5. The lowest BCUT2D eigenvalue weighted by molar-refractivity contribution is 0.669. The van der Waals surface area contributed by atoms with Gasteiger partial charge in [0.2, 0.25) is 0 Å². The largest absolute Gasteiger partial charge is 0.456 e. The smallest absolute Gasteiger partial charge is 0.137 e. The van der Waals surface area contributed by atoms with Gasteiger partial charge in [0.25, 0.3) is 0 Å². The van der Waals surface area contributed by atoms with Crippen LogP contribution in [0.2, 0.25) is 0 Å². The van der Waals surface area contributed by atoms with Gasteiger partial charge in [-0.1, -0.05) is 109 Å². The molecule has 8 aromatic carbocycles. The molecule has 3 heteroatoms. The highest BCUT2D eigenvalue weighted by Gasteiger charge is 2.35. The zero-order chi connectivity index (χ0) is 33.5. The standard InChI is InChI=1S/C48H32N2O/c1-2-11-33(12-3-1)50-45-16-8-6-14-41(45)44-29-35(22-27-46(44)50)49(36-21-26-43-42-15-7-9-17-47(42)51-48(43)30-36)34-20-25-38-32(28-34)19-24-39-37-13-5-4-10-31(37)18-23-40(38)39/h1-15,17-30,45H,16H2. The van der Waals surface area contributed by atoms with Crippen LogP contribution in [0.4, 0.5) is 28.4 Å². The Morgan fingerprint density at radius 3 is 2.04 bits per heavy atom. The van der Waals surface area contributed by atoms with Gasteiger partial charge in [-0.25, -0.2) is 0 Å². The van der Waals surface area contributed by atoms with Gasteiger partial charge in [-0.05, 0) is 105 Å². The van der Waals surface area contributed by atoms with Crippen molar-refractivity contribution in [3.05, 3.63) is 182 Å². The molecule has 0 radical (unpaired) electrons. The summed E-state index contributed by atoms with van der Waals surface area (Å²) in [5.41, 5.74) is 10.2. The van der Waals surface area contributed by atoms with Gasteiger partial charge >= 0.3 is 0 Å². The van der Waals surface area contributed by atoms with Crippen molar-refractivity contribution >= 4 is 88.3 Å². The van der Waals surface area contributed by atoms with Gasteiger partial charge in [0.05, 0.1) is 6.04 Å². The van der Waals surface area contributed by atoms with Crippen LogP contribution in [-0.2, 0) is 0 Å². The molecule has 2 aliphatic rings. The molecule has 0 saturated carbocycles. The van der Waals surface area contributed by atoms with E-state index < -0.39 is 0 Å². The second-order valence-electron chi connectivity index (χ2n) is 13.7. The fourth-order valence-electron chi connectivity index (χ4n) is 8.57. The Morgan fingerprint density at radius 1 is 0.510 bits per heavy atom. The van der Waals surface area contributed by atoms with E-state index in [1.54, 1.807) is 0 Å². The zero-order valence-corrected chi connectivity index (χ0v) is 27.8. The summed E-state index contributed by atoms with van der Waals surface area (Å²) in [4.78, 5) is 4.89. The Hall–Kier alpha value is -6.58. The third-order valence-corrected chi connectivity index (χ3v) is 10.9. The first-order valence-electron chi connectivity index (χ1n) is 17.7. The highest BCUT2D eigenvalue weighted by Crippen LogP contribution is 2.50. The first-order chi connectivity index (χ1) is 25.3. The Bertz CT molecular complexity index is 2920. The van der Waals surface area contributed by atoms with Crippen molar-refractivity contribution in [3.63, 3.8) is 0 Å². The minimum Gasteiger partial charge on any atom is -0.456 e. The quantitative estimate of drug-likeness (QED) is 0.176.